The molecular formula is C45H58F6N8O4. The van der Waals surface area contributed by atoms with Crippen LogP contribution in [0.5, 0.6) is 0 Å². The second-order valence-electron chi connectivity index (χ2n) is 18.0. The van der Waals surface area contributed by atoms with Gasteiger partial charge in [-0.3, -0.25) is 9.59 Å². The number of hydrogen-bond donors (Lipinski definition) is 2. The summed E-state index contributed by atoms with van der Waals surface area (Å²) in [5.74, 6) is -0.263. The lowest BCUT2D eigenvalue weighted by atomic mass is 10.0. The van der Waals surface area contributed by atoms with Crippen LogP contribution in [-0.2, 0) is 53.6 Å². The molecule has 2 atom stereocenters. The average molecular weight is 889 g/mol. The van der Waals surface area contributed by atoms with Gasteiger partial charge in [0.15, 0.2) is 0 Å². The number of pyridine rings is 3. The summed E-state index contributed by atoms with van der Waals surface area (Å²) in [6.45, 7) is 21.1. The highest BCUT2D eigenvalue weighted by atomic mass is 19.3. The summed E-state index contributed by atoms with van der Waals surface area (Å²) in [4.78, 5) is 54.8. The molecule has 2 N–H and O–H groups in total. The normalized spacial score (nSPS) is 19.0. The monoisotopic (exact) mass is 888 g/mol. The third-order valence-corrected chi connectivity index (χ3v) is 12.8. The summed E-state index contributed by atoms with van der Waals surface area (Å²) in [6, 6.07) is 0. The molecule has 12 nitrogen and oxygen atoms in total. The Kier molecular flexibility index (Phi) is 14.4. The van der Waals surface area contributed by atoms with Crippen molar-refractivity contribution < 1.29 is 45.5 Å². The molecule has 0 bridgehead atoms. The van der Waals surface area contributed by atoms with Gasteiger partial charge in [-0.15, -0.1) is 0 Å². The Labute approximate surface area is 364 Å². The maximum absolute atomic E-state index is 13.2. The molecule has 0 spiro atoms. The van der Waals surface area contributed by atoms with Crippen LogP contribution < -0.4 is 10.6 Å². The van der Waals surface area contributed by atoms with E-state index < -0.39 is 31.0 Å². The minimum atomic E-state index is -2.63. The first-order valence-electron chi connectivity index (χ1n) is 21.4. The zero-order valence-electron chi connectivity index (χ0n) is 37.5. The van der Waals surface area contributed by atoms with E-state index in [1.54, 1.807) is 63.2 Å². The van der Waals surface area contributed by atoms with Crippen LogP contribution in [0.3, 0.4) is 0 Å². The van der Waals surface area contributed by atoms with Crippen molar-refractivity contribution in [3.63, 3.8) is 0 Å². The lowest BCUT2D eigenvalue weighted by Gasteiger charge is -2.25. The fourth-order valence-electron chi connectivity index (χ4n) is 8.80. The molecule has 3 aromatic heterocycles. The van der Waals surface area contributed by atoms with Crippen LogP contribution in [0.2, 0.25) is 0 Å². The number of aromatic nitrogens is 3. The summed E-state index contributed by atoms with van der Waals surface area (Å²) in [6.07, 6.45) is -6.68. The number of halogens is 6. The summed E-state index contributed by atoms with van der Waals surface area (Å²) >= 11 is 0. The number of carbonyl (C=O) groups excluding carboxylic acids is 3. The molecule has 8 rings (SSSR count). The molecule has 0 radical (unpaired) electrons. The zero-order chi connectivity index (χ0) is 46.2. The SMILES string of the molecule is Cc1c(C(F)F)nc2c(c1C)CN(C(=O)[C@@H]1CCN(C(=O)OC(C)(C)C)C1)C2.Cc1c(C(F)F)nc2c(c1C)CN(C(=O)[C@@H]1CCNC1)C2.Cc1c(C(F)F)nc2c(c1C)CNC2. The Morgan fingerprint density at radius 2 is 1.05 bits per heavy atom. The molecule has 2 fully saturated rings. The summed E-state index contributed by atoms with van der Waals surface area (Å²) in [5.41, 5.74) is 8.07. The number of carbonyl (C=O) groups is 3. The van der Waals surface area contributed by atoms with E-state index in [0.717, 1.165) is 58.6 Å². The summed E-state index contributed by atoms with van der Waals surface area (Å²) < 4.78 is 83.1. The molecule has 63 heavy (non-hydrogen) atoms. The van der Waals surface area contributed by atoms with Crippen molar-refractivity contribution in [3.8, 4) is 0 Å². The van der Waals surface area contributed by atoms with Gasteiger partial charge in [0.1, 0.15) is 22.7 Å². The smallest absolute Gasteiger partial charge is 0.410 e. The summed E-state index contributed by atoms with van der Waals surface area (Å²) in [7, 11) is 0. The van der Waals surface area contributed by atoms with Gasteiger partial charge in [-0.2, -0.15) is 0 Å². The van der Waals surface area contributed by atoms with Crippen LogP contribution in [0, 0.1) is 53.4 Å². The first-order chi connectivity index (χ1) is 29.6. The van der Waals surface area contributed by atoms with Crippen molar-refractivity contribution in [2.45, 2.75) is 139 Å². The van der Waals surface area contributed by atoms with E-state index >= 15 is 0 Å². The van der Waals surface area contributed by atoms with Gasteiger partial charge in [0.05, 0.1) is 42.0 Å². The standard InChI is InChI=1S/C20H27F2N3O3.C15H19F2N3O.C10H12F2N2/c1-11-12(2)16(17(21)22)23-15-10-25(9-14(11)15)18(26)13-6-7-24(8-13)19(27)28-20(3,4)5;1-8-9(2)13(14(16)17)19-12-7-20(6-11(8)12)15(21)10-3-4-18-5-10;1-5-6(2)9(10(11)12)14-8-4-13-3-7(5)8/h13,17H,6-10H2,1-5H3;10,14,18H,3-7H2,1-2H3;10,13H,3-4H2,1-2H3/t13-;10-;/m11./s1. The number of fused-ring (bicyclic) bond motifs is 3. The third-order valence-electron chi connectivity index (χ3n) is 12.8. The fraction of sp³-hybridized carbons (Fsp3) is 0.600. The van der Waals surface area contributed by atoms with Gasteiger partial charge in [0.2, 0.25) is 11.8 Å². The fourth-order valence-corrected chi connectivity index (χ4v) is 8.80. The Morgan fingerprint density at radius 1 is 0.587 bits per heavy atom. The van der Waals surface area contributed by atoms with Crippen molar-refractivity contribution in [1.82, 2.24) is 40.3 Å². The molecule has 2 saturated heterocycles. The van der Waals surface area contributed by atoms with E-state index in [1.807, 2.05) is 13.8 Å². The van der Waals surface area contributed by atoms with Gasteiger partial charge in [0, 0.05) is 45.8 Å². The molecule has 3 aromatic rings. The molecule has 0 aliphatic carbocycles. The molecule has 8 heterocycles. The molecule has 3 amide bonds. The van der Waals surface area contributed by atoms with Crippen LogP contribution in [0.1, 0.15) is 137 Å². The molecule has 18 heteroatoms. The van der Waals surface area contributed by atoms with E-state index in [-0.39, 0.29) is 47.3 Å². The van der Waals surface area contributed by atoms with Crippen molar-refractivity contribution in [2.75, 3.05) is 26.2 Å². The highest BCUT2D eigenvalue weighted by Gasteiger charge is 2.39. The number of ether oxygens (including phenoxy) is 1. The highest BCUT2D eigenvalue weighted by molar-refractivity contribution is 5.81. The number of amides is 3. The Balaban J connectivity index is 0.000000166. The van der Waals surface area contributed by atoms with Gasteiger partial charge in [0.25, 0.3) is 19.3 Å². The topological polar surface area (TPSA) is 133 Å². The zero-order valence-corrected chi connectivity index (χ0v) is 37.5. The van der Waals surface area contributed by atoms with Crippen molar-refractivity contribution in [1.29, 1.82) is 0 Å². The van der Waals surface area contributed by atoms with Gasteiger partial charge < -0.3 is 30.1 Å². The van der Waals surface area contributed by atoms with Gasteiger partial charge in [-0.25, -0.2) is 46.1 Å². The molecule has 5 aliphatic rings. The molecule has 0 saturated carbocycles. The molecule has 344 valence electrons. The number of hydrogen-bond acceptors (Lipinski definition) is 9. The number of likely N-dealkylation sites (tertiary alicyclic amines) is 1. The van der Waals surface area contributed by atoms with Crippen LogP contribution in [0.4, 0.5) is 31.1 Å². The minimum Gasteiger partial charge on any atom is -0.444 e. The predicted molar refractivity (Wildman–Crippen MR) is 222 cm³/mol. The first kappa shape index (κ1) is 47.6. The third kappa shape index (κ3) is 10.3. The van der Waals surface area contributed by atoms with Crippen molar-refractivity contribution in [3.05, 3.63) is 84.2 Å². The van der Waals surface area contributed by atoms with Crippen LogP contribution >= 0.6 is 0 Å². The minimum absolute atomic E-state index is 0.00952. The highest BCUT2D eigenvalue weighted by Crippen LogP contribution is 2.35. The second kappa shape index (κ2) is 19.1. The van der Waals surface area contributed by atoms with E-state index in [9.17, 15) is 40.7 Å². The lowest BCUT2D eigenvalue weighted by Crippen LogP contribution is -2.37. The van der Waals surface area contributed by atoms with Gasteiger partial charge in [-0.1, -0.05) is 0 Å². The largest absolute Gasteiger partial charge is 0.444 e. The lowest BCUT2D eigenvalue weighted by molar-refractivity contribution is -0.136. The first-order valence-corrected chi connectivity index (χ1v) is 21.4. The molecule has 0 unspecified atom stereocenters. The van der Waals surface area contributed by atoms with Crippen molar-refractivity contribution >= 4 is 17.9 Å². The number of nitrogens with one attached hydrogen (secondary N) is 2. The van der Waals surface area contributed by atoms with Crippen molar-refractivity contribution in [2.24, 2.45) is 11.8 Å². The average Bonchev–Trinajstić information content (AvgIpc) is 4.07. The molecule has 5 aliphatic heterocycles. The van der Waals surface area contributed by atoms with Gasteiger partial charge in [-0.05, 0) is 132 Å². The predicted octanol–water partition coefficient (Wildman–Crippen LogP) is 8.06. The van der Waals surface area contributed by atoms with Crippen LogP contribution in [0.15, 0.2) is 0 Å². The van der Waals surface area contributed by atoms with Crippen LogP contribution in [-0.4, -0.2) is 79.3 Å². The second-order valence-corrected chi connectivity index (χ2v) is 18.0. The molecule has 0 aromatic carbocycles. The maximum Gasteiger partial charge on any atom is 0.410 e. The molecular weight excluding hydrogens is 831 g/mol. The Bertz CT molecular complexity index is 2240. The van der Waals surface area contributed by atoms with E-state index in [1.165, 1.54) is 0 Å². The quantitative estimate of drug-likeness (QED) is 0.244. The van der Waals surface area contributed by atoms with E-state index in [2.05, 4.69) is 25.6 Å². The van der Waals surface area contributed by atoms with Gasteiger partial charge >= 0.3 is 6.09 Å². The Morgan fingerprint density at radius 3 is 1.49 bits per heavy atom. The van der Waals surface area contributed by atoms with E-state index in [0.29, 0.717) is 80.3 Å². The van der Waals surface area contributed by atoms with Crippen LogP contribution in [0.25, 0.3) is 0 Å². The number of alkyl halides is 6. The number of nitrogens with zero attached hydrogens (tertiary/aromatic N) is 6. The summed E-state index contributed by atoms with van der Waals surface area (Å²) in [5, 5.41) is 6.29. The Hall–Kier alpha value is -4.84. The maximum atomic E-state index is 13.2. The number of rotatable bonds is 5. The van der Waals surface area contributed by atoms with E-state index in [4.69, 9.17) is 4.74 Å².